The van der Waals surface area contributed by atoms with Crippen LogP contribution in [0, 0.1) is 11.3 Å². The van der Waals surface area contributed by atoms with Crippen LogP contribution < -0.4 is 16.0 Å². The van der Waals surface area contributed by atoms with Gasteiger partial charge in [0.25, 0.3) is 5.91 Å². The Morgan fingerprint density at radius 1 is 1.00 bits per heavy atom. The highest BCUT2D eigenvalue weighted by molar-refractivity contribution is 6.05. The molecule has 0 saturated heterocycles. The van der Waals surface area contributed by atoms with E-state index in [0.717, 1.165) is 19.6 Å². The predicted molar refractivity (Wildman–Crippen MR) is 110 cm³/mol. The van der Waals surface area contributed by atoms with Crippen LogP contribution in [0.15, 0.2) is 48.5 Å². The van der Waals surface area contributed by atoms with Gasteiger partial charge >= 0.3 is 6.03 Å². The van der Waals surface area contributed by atoms with E-state index in [9.17, 15) is 9.59 Å². The molecule has 7 nitrogen and oxygen atoms in total. The third kappa shape index (κ3) is 6.41. The van der Waals surface area contributed by atoms with Crippen LogP contribution in [0.1, 0.15) is 29.8 Å². The van der Waals surface area contributed by atoms with Gasteiger partial charge in [0.2, 0.25) is 0 Å². The van der Waals surface area contributed by atoms with Crippen molar-refractivity contribution in [3.63, 3.8) is 0 Å². The Morgan fingerprint density at radius 3 is 2.36 bits per heavy atom. The Hall–Kier alpha value is -3.37. The molecule has 2 aromatic rings. The summed E-state index contributed by atoms with van der Waals surface area (Å²) in [6.07, 6.45) is 0. The largest absolute Gasteiger partial charge is 0.337 e. The highest BCUT2D eigenvalue weighted by atomic mass is 16.2. The molecule has 0 bridgehead atoms. The Morgan fingerprint density at radius 2 is 1.68 bits per heavy atom. The molecule has 7 heteroatoms. The zero-order valence-electron chi connectivity index (χ0n) is 16.2. The Labute approximate surface area is 165 Å². The fourth-order valence-corrected chi connectivity index (χ4v) is 2.65. The van der Waals surface area contributed by atoms with Crippen molar-refractivity contribution >= 4 is 23.3 Å². The number of hydrogen-bond acceptors (Lipinski definition) is 4. The summed E-state index contributed by atoms with van der Waals surface area (Å²) in [6.45, 7) is 7.36. The number of benzene rings is 2. The quantitative estimate of drug-likeness (QED) is 0.656. The SMILES string of the molecule is CCN(CC)CCNC(=O)Nc1cccc(C(=O)Nc2cccc(C#N)c2)c1. The maximum absolute atomic E-state index is 12.4. The topological polar surface area (TPSA) is 97.3 Å². The molecule has 0 atom stereocenters. The van der Waals surface area contributed by atoms with E-state index in [1.54, 1.807) is 48.5 Å². The van der Waals surface area contributed by atoms with Gasteiger partial charge in [-0.25, -0.2) is 4.79 Å². The summed E-state index contributed by atoms with van der Waals surface area (Å²) in [5.74, 6) is -0.319. The van der Waals surface area contributed by atoms with Crippen molar-refractivity contribution in [3.8, 4) is 6.07 Å². The number of rotatable bonds is 8. The van der Waals surface area contributed by atoms with E-state index < -0.39 is 0 Å². The highest BCUT2D eigenvalue weighted by Crippen LogP contribution is 2.14. The zero-order chi connectivity index (χ0) is 20.4. The van der Waals surface area contributed by atoms with E-state index in [2.05, 4.69) is 34.7 Å². The van der Waals surface area contributed by atoms with Crippen LogP contribution >= 0.6 is 0 Å². The molecule has 3 amide bonds. The molecule has 2 rings (SSSR count). The van der Waals surface area contributed by atoms with Gasteiger partial charge in [-0.1, -0.05) is 26.0 Å². The summed E-state index contributed by atoms with van der Waals surface area (Å²) in [5, 5.41) is 17.2. The second-order valence-electron chi connectivity index (χ2n) is 6.14. The minimum atomic E-state index is -0.319. The molecule has 0 radical (unpaired) electrons. The summed E-state index contributed by atoms with van der Waals surface area (Å²) in [6, 6.07) is 15.1. The molecule has 3 N–H and O–H groups in total. The lowest BCUT2D eigenvalue weighted by molar-refractivity contribution is 0.102. The van der Waals surface area contributed by atoms with Crippen LogP contribution in [0.3, 0.4) is 0 Å². The summed E-state index contributed by atoms with van der Waals surface area (Å²) >= 11 is 0. The average Bonchev–Trinajstić information content (AvgIpc) is 2.71. The lowest BCUT2D eigenvalue weighted by Gasteiger charge is -2.18. The van der Waals surface area contributed by atoms with Gasteiger partial charge in [-0.05, 0) is 49.5 Å². The Bertz CT molecular complexity index is 856. The summed E-state index contributed by atoms with van der Waals surface area (Å²) in [7, 11) is 0. The molecule has 0 aliphatic heterocycles. The van der Waals surface area contributed by atoms with Gasteiger partial charge in [-0.3, -0.25) is 4.79 Å². The fourth-order valence-electron chi connectivity index (χ4n) is 2.65. The number of amides is 3. The standard InChI is InChI=1S/C21H25N5O2/c1-3-26(4-2)12-11-23-21(28)25-19-10-6-8-17(14-19)20(27)24-18-9-5-7-16(13-18)15-22/h5-10,13-14H,3-4,11-12H2,1-2H3,(H,24,27)(H2,23,25,28). The van der Waals surface area contributed by atoms with Crippen molar-refractivity contribution in [2.75, 3.05) is 36.8 Å². The van der Waals surface area contributed by atoms with E-state index >= 15 is 0 Å². The van der Waals surface area contributed by atoms with E-state index in [-0.39, 0.29) is 11.9 Å². The van der Waals surface area contributed by atoms with Crippen LogP contribution in [0.25, 0.3) is 0 Å². The highest BCUT2D eigenvalue weighted by Gasteiger charge is 2.09. The lowest BCUT2D eigenvalue weighted by atomic mass is 10.1. The van der Waals surface area contributed by atoms with E-state index in [4.69, 9.17) is 5.26 Å². The first-order chi connectivity index (χ1) is 13.5. The Balaban J connectivity index is 1.92. The van der Waals surface area contributed by atoms with Crippen molar-refractivity contribution < 1.29 is 9.59 Å². The molecule has 2 aromatic carbocycles. The number of urea groups is 1. The number of nitrogens with one attached hydrogen (secondary N) is 3. The number of carbonyl (C=O) groups excluding carboxylic acids is 2. The van der Waals surface area contributed by atoms with Crippen molar-refractivity contribution in [3.05, 3.63) is 59.7 Å². The minimum absolute atomic E-state index is 0.313. The van der Waals surface area contributed by atoms with Crippen LogP contribution in [0.5, 0.6) is 0 Å². The average molecular weight is 379 g/mol. The molecule has 0 spiro atoms. The Kier molecular flexibility index (Phi) is 8.00. The third-order valence-electron chi connectivity index (χ3n) is 4.24. The zero-order valence-corrected chi connectivity index (χ0v) is 16.2. The third-order valence-corrected chi connectivity index (χ3v) is 4.24. The molecule has 0 aliphatic carbocycles. The van der Waals surface area contributed by atoms with Crippen LogP contribution in [-0.4, -0.2) is 43.0 Å². The van der Waals surface area contributed by atoms with E-state index in [1.807, 2.05) is 6.07 Å². The molecule has 0 fully saturated rings. The van der Waals surface area contributed by atoms with E-state index in [0.29, 0.717) is 29.0 Å². The minimum Gasteiger partial charge on any atom is -0.337 e. The molecule has 0 aliphatic rings. The van der Waals surface area contributed by atoms with Crippen LogP contribution in [0.2, 0.25) is 0 Å². The molecular formula is C21H25N5O2. The predicted octanol–water partition coefficient (Wildman–Crippen LogP) is 3.27. The number of nitrogens with zero attached hydrogens (tertiary/aromatic N) is 2. The molecule has 0 heterocycles. The summed E-state index contributed by atoms with van der Waals surface area (Å²) < 4.78 is 0. The van der Waals surface area contributed by atoms with Crippen LogP contribution in [-0.2, 0) is 0 Å². The van der Waals surface area contributed by atoms with Crippen molar-refractivity contribution in [2.45, 2.75) is 13.8 Å². The second kappa shape index (κ2) is 10.7. The molecule has 146 valence electrons. The number of hydrogen-bond donors (Lipinski definition) is 3. The van der Waals surface area contributed by atoms with Gasteiger partial charge in [-0.15, -0.1) is 0 Å². The fraction of sp³-hybridized carbons (Fsp3) is 0.286. The maximum Gasteiger partial charge on any atom is 0.319 e. The summed E-state index contributed by atoms with van der Waals surface area (Å²) in [4.78, 5) is 26.7. The number of carbonyl (C=O) groups is 2. The summed E-state index contributed by atoms with van der Waals surface area (Å²) in [5.41, 5.74) is 1.94. The number of likely N-dealkylation sites (N-methyl/N-ethyl adjacent to an activating group) is 1. The van der Waals surface area contributed by atoms with Gasteiger partial charge < -0.3 is 20.9 Å². The van der Waals surface area contributed by atoms with Crippen molar-refractivity contribution in [1.82, 2.24) is 10.2 Å². The normalized spacial score (nSPS) is 10.2. The van der Waals surface area contributed by atoms with Gasteiger partial charge in [0.05, 0.1) is 11.6 Å². The number of anilines is 2. The van der Waals surface area contributed by atoms with Crippen LogP contribution in [0.4, 0.5) is 16.2 Å². The van der Waals surface area contributed by atoms with Gasteiger partial charge in [-0.2, -0.15) is 5.26 Å². The van der Waals surface area contributed by atoms with Gasteiger partial charge in [0, 0.05) is 30.0 Å². The second-order valence-corrected chi connectivity index (χ2v) is 6.14. The van der Waals surface area contributed by atoms with Gasteiger partial charge in [0.1, 0.15) is 0 Å². The molecule has 0 aromatic heterocycles. The first-order valence-corrected chi connectivity index (χ1v) is 9.24. The smallest absolute Gasteiger partial charge is 0.319 e. The van der Waals surface area contributed by atoms with Gasteiger partial charge in [0.15, 0.2) is 0 Å². The molecular weight excluding hydrogens is 354 g/mol. The first-order valence-electron chi connectivity index (χ1n) is 9.24. The monoisotopic (exact) mass is 379 g/mol. The van der Waals surface area contributed by atoms with Crippen molar-refractivity contribution in [1.29, 1.82) is 5.26 Å². The number of nitriles is 1. The maximum atomic E-state index is 12.4. The molecule has 28 heavy (non-hydrogen) atoms. The first kappa shape index (κ1) is 20.9. The molecule has 0 saturated carbocycles. The molecule has 0 unspecified atom stereocenters. The van der Waals surface area contributed by atoms with E-state index in [1.165, 1.54) is 0 Å². The lowest BCUT2D eigenvalue weighted by Crippen LogP contribution is -2.36. The van der Waals surface area contributed by atoms with Crippen molar-refractivity contribution in [2.24, 2.45) is 0 Å².